The molecule has 1 aromatic rings. The Kier molecular flexibility index (Phi) is 5.61. The van der Waals surface area contributed by atoms with Gasteiger partial charge in [0.05, 0.1) is 12.4 Å². The molecule has 1 N–H and O–H groups in total. The minimum Gasteiger partial charge on any atom is -0.354 e. The van der Waals surface area contributed by atoms with Gasteiger partial charge in [-0.1, -0.05) is 19.9 Å². The van der Waals surface area contributed by atoms with Gasteiger partial charge in [-0.2, -0.15) is 0 Å². The summed E-state index contributed by atoms with van der Waals surface area (Å²) >= 11 is 1.45. The van der Waals surface area contributed by atoms with E-state index in [2.05, 4.69) is 5.32 Å². The second-order valence-corrected chi connectivity index (χ2v) is 5.43. The molecule has 1 rings (SSSR count). The van der Waals surface area contributed by atoms with Crippen LogP contribution in [0.25, 0.3) is 0 Å². The van der Waals surface area contributed by atoms with Gasteiger partial charge >= 0.3 is 7.27 Å². The van der Waals surface area contributed by atoms with Gasteiger partial charge in [0.15, 0.2) is 0 Å². The smallest absolute Gasteiger partial charge is 0.354 e. The molecule has 17 heavy (non-hydrogen) atoms. The average molecular weight is 259 g/mol. The first kappa shape index (κ1) is 14.2. The third-order valence-electron chi connectivity index (χ3n) is 2.29. The van der Waals surface area contributed by atoms with Gasteiger partial charge in [0, 0.05) is 4.88 Å². The second kappa shape index (κ2) is 6.74. The summed E-state index contributed by atoms with van der Waals surface area (Å²) in [7, 11) is -2.51. The Hall–Kier alpha value is -0.905. The first-order valence-corrected chi connectivity index (χ1v) is 6.47. The first-order valence-electron chi connectivity index (χ1n) is 5.59. The van der Waals surface area contributed by atoms with Gasteiger partial charge in [-0.15, -0.1) is 11.3 Å². The largest absolute Gasteiger partial charge is 0.559 e. The van der Waals surface area contributed by atoms with Gasteiger partial charge in [0.1, 0.15) is 0 Å². The van der Waals surface area contributed by atoms with Crippen LogP contribution in [0, 0.1) is 5.92 Å². The van der Waals surface area contributed by atoms with Crippen molar-refractivity contribution in [1.82, 2.24) is 5.32 Å². The topological polar surface area (TPSA) is 29.1 Å². The van der Waals surface area contributed by atoms with E-state index >= 15 is 0 Å². The number of nitrogens with one attached hydrogen (secondary N) is 1. The van der Waals surface area contributed by atoms with E-state index in [0.29, 0.717) is 6.42 Å². The number of carbonyl (C=O) groups excluding carboxylic acids is 1. The predicted molar refractivity (Wildman–Crippen MR) is 67.4 cm³/mol. The second-order valence-electron chi connectivity index (χ2n) is 4.39. The lowest BCUT2D eigenvalue weighted by Crippen LogP contribution is -2.43. The number of amides is 1. The van der Waals surface area contributed by atoms with E-state index in [0.717, 1.165) is 4.88 Å². The van der Waals surface area contributed by atoms with Gasteiger partial charge in [-0.3, -0.25) is 13.4 Å². The molecule has 1 heterocycles. The molecular formula is C11H16BF2NOS. The molecule has 0 radical (unpaired) electrons. The summed E-state index contributed by atoms with van der Waals surface area (Å²) in [6.07, 6.45) is 0.479. The van der Waals surface area contributed by atoms with Crippen LogP contribution in [0.15, 0.2) is 17.5 Å². The summed E-state index contributed by atoms with van der Waals surface area (Å²) in [5, 5.41) is 4.27. The fourth-order valence-electron chi connectivity index (χ4n) is 1.56. The van der Waals surface area contributed by atoms with E-state index < -0.39 is 13.2 Å². The lowest BCUT2D eigenvalue weighted by Gasteiger charge is -2.17. The van der Waals surface area contributed by atoms with Crippen LogP contribution < -0.4 is 5.32 Å². The van der Waals surface area contributed by atoms with Crippen LogP contribution in [0.1, 0.15) is 25.1 Å². The normalized spacial score (nSPS) is 12.5. The van der Waals surface area contributed by atoms with Crippen molar-refractivity contribution in [3.8, 4) is 0 Å². The van der Waals surface area contributed by atoms with Crippen LogP contribution in [0.4, 0.5) is 8.63 Å². The highest BCUT2D eigenvalue weighted by atomic mass is 32.1. The van der Waals surface area contributed by atoms with Crippen molar-refractivity contribution in [3.63, 3.8) is 0 Å². The molecule has 2 nitrogen and oxygen atoms in total. The van der Waals surface area contributed by atoms with E-state index in [-0.39, 0.29) is 18.2 Å². The Balaban J connectivity index is 2.46. The average Bonchev–Trinajstić information content (AvgIpc) is 2.68. The quantitative estimate of drug-likeness (QED) is 0.782. The third-order valence-corrected chi connectivity index (χ3v) is 3.17. The summed E-state index contributed by atoms with van der Waals surface area (Å²) in [4.78, 5) is 12.5. The molecule has 0 aromatic carbocycles. The maximum atomic E-state index is 12.7. The van der Waals surface area contributed by atoms with E-state index in [1.807, 2.05) is 31.4 Å². The molecular weight excluding hydrogens is 243 g/mol. The predicted octanol–water partition coefficient (Wildman–Crippen LogP) is 2.79. The molecule has 0 aliphatic carbocycles. The first-order chi connectivity index (χ1) is 7.99. The van der Waals surface area contributed by atoms with E-state index in [1.165, 1.54) is 11.3 Å². The molecule has 0 spiro atoms. The van der Waals surface area contributed by atoms with Crippen LogP contribution in [0.2, 0.25) is 0 Å². The van der Waals surface area contributed by atoms with Gasteiger partial charge in [0.2, 0.25) is 5.91 Å². The molecule has 94 valence electrons. The molecule has 1 atom stereocenters. The number of rotatable bonds is 6. The highest BCUT2D eigenvalue weighted by molar-refractivity contribution is 7.10. The van der Waals surface area contributed by atoms with Gasteiger partial charge in [-0.25, -0.2) is 0 Å². The summed E-state index contributed by atoms with van der Waals surface area (Å²) < 4.78 is 25.4. The van der Waals surface area contributed by atoms with Crippen molar-refractivity contribution in [2.24, 2.45) is 5.92 Å². The Bertz CT molecular complexity index is 343. The number of thiophene rings is 1. The zero-order valence-corrected chi connectivity index (χ0v) is 10.8. The minimum atomic E-state index is -2.51. The summed E-state index contributed by atoms with van der Waals surface area (Å²) in [5.74, 6) is -1.24. The number of hydrogen-bond donors (Lipinski definition) is 1. The van der Waals surface area contributed by atoms with E-state index in [1.54, 1.807) is 0 Å². The lowest BCUT2D eigenvalue weighted by molar-refractivity contribution is -0.120. The summed E-state index contributed by atoms with van der Waals surface area (Å²) in [6.45, 7) is 3.72. The zero-order chi connectivity index (χ0) is 12.8. The van der Waals surface area contributed by atoms with Crippen molar-refractivity contribution in [2.45, 2.75) is 32.6 Å². The van der Waals surface area contributed by atoms with Crippen LogP contribution >= 0.6 is 11.3 Å². The van der Waals surface area contributed by atoms with Crippen LogP contribution in [-0.4, -0.2) is 19.1 Å². The van der Waals surface area contributed by atoms with Gasteiger partial charge < -0.3 is 5.32 Å². The number of carbonyl (C=O) groups is 1. The van der Waals surface area contributed by atoms with Crippen molar-refractivity contribution in [3.05, 3.63) is 22.4 Å². The Labute approximate surface area is 105 Å². The van der Waals surface area contributed by atoms with Crippen LogP contribution in [0.3, 0.4) is 0 Å². The molecule has 0 bridgehead atoms. The van der Waals surface area contributed by atoms with Crippen molar-refractivity contribution >= 4 is 24.5 Å². The molecule has 0 aliphatic heterocycles. The number of halogens is 2. The maximum absolute atomic E-state index is 12.7. The molecule has 0 saturated heterocycles. The Morgan fingerprint density at radius 1 is 1.53 bits per heavy atom. The van der Waals surface area contributed by atoms with Gasteiger partial charge in [-0.05, 0) is 23.8 Å². The molecule has 0 aliphatic rings. The minimum absolute atomic E-state index is 0.135. The monoisotopic (exact) mass is 259 g/mol. The molecule has 1 amide bonds. The fraction of sp³-hybridized carbons (Fsp3) is 0.545. The van der Waals surface area contributed by atoms with Gasteiger partial charge in [0.25, 0.3) is 0 Å². The standard InChI is InChI=1S/C11H16BF2NOS/c1-8(2)6-10(12(13)14)15-11(16)7-9-4-3-5-17-9/h3-5,8,10H,6-7H2,1-2H3,(H,15,16)/t10-/m0/s1. The third kappa shape index (κ3) is 5.30. The molecule has 0 unspecified atom stereocenters. The summed E-state index contributed by atoms with van der Waals surface area (Å²) in [5.41, 5.74) is 0. The molecule has 1 aromatic heterocycles. The lowest BCUT2D eigenvalue weighted by atomic mass is 9.80. The summed E-state index contributed by atoms with van der Waals surface area (Å²) in [6, 6.07) is 3.66. The van der Waals surface area contributed by atoms with E-state index in [9.17, 15) is 13.4 Å². The van der Waals surface area contributed by atoms with Crippen molar-refractivity contribution < 1.29 is 13.4 Å². The molecule has 0 fully saturated rings. The fourth-order valence-corrected chi connectivity index (χ4v) is 2.27. The molecule has 6 heteroatoms. The zero-order valence-electron chi connectivity index (χ0n) is 9.95. The van der Waals surface area contributed by atoms with Crippen LogP contribution in [0.5, 0.6) is 0 Å². The van der Waals surface area contributed by atoms with Crippen molar-refractivity contribution in [1.29, 1.82) is 0 Å². The van der Waals surface area contributed by atoms with Crippen LogP contribution in [-0.2, 0) is 11.2 Å². The van der Waals surface area contributed by atoms with Crippen molar-refractivity contribution in [2.75, 3.05) is 0 Å². The molecule has 0 saturated carbocycles. The maximum Gasteiger partial charge on any atom is 0.559 e. The Morgan fingerprint density at radius 3 is 2.71 bits per heavy atom. The SMILES string of the molecule is CC(C)C[C@H](NC(=O)Cc1cccs1)B(F)F. The van der Waals surface area contributed by atoms with E-state index in [4.69, 9.17) is 0 Å². The highest BCUT2D eigenvalue weighted by Gasteiger charge is 2.29. The Morgan fingerprint density at radius 2 is 2.24 bits per heavy atom. The number of hydrogen-bond acceptors (Lipinski definition) is 2. The highest BCUT2D eigenvalue weighted by Crippen LogP contribution is 2.12.